The van der Waals surface area contributed by atoms with E-state index >= 15 is 0 Å². The van der Waals surface area contributed by atoms with Crippen molar-refractivity contribution in [3.8, 4) is 5.75 Å². The highest BCUT2D eigenvalue weighted by Crippen LogP contribution is 2.29. The van der Waals surface area contributed by atoms with Crippen LogP contribution in [0.4, 0.5) is 24.5 Å². The van der Waals surface area contributed by atoms with Gasteiger partial charge in [-0.1, -0.05) is 0 Å². The van der Waals surface area contributed by atoms with Crippen molar-refractivity contribution in [3.05, 3.63) is 36.7 Å². The molecule has 0 saturated carbocycles. The lowest BCUT2D eigenvalue weighted by Crippen LogP contribution is -2.11. The van der Waals surface area contributed by atoms with E-state index in [1.165, 1.54) is 0 Å². The van der Waals surface area contributed by atoms with Crippen LogP contribution < -0.4 is 15.8 Å². The predicted octanol–water partition coefficient (Wildman–Crippen LogP) is 2.32. The maximum atomic E-state index is 13.4. The summed E-state index contributed by atoms with van der Waals surface area (Å²) in [5, 5.41) is 2.93. The first-order chi connectivity index (χ1) is 9.56. The average Bonchev–Trinajstić information content (AvgIpc) is 2.87. The van der Waals surface area contributed by atoms with Crippen LogP contribution in [0.2, 0.25) is 0 Å². The van der Waals surface area contributed by atoms with Crippen molar-refractivity contribution in [2.45, 2.75) is 13.2 Å². The van der Waals surface area contributed by atoms with E-state index in [0.29, 0.717) is 18.8 Å². The number of nitrogens with zero attached hydrogens (tertiary/aromatic N) is 2. The van der Waals surface area contributed by atoms with Crippen molar-refractivity contribution in [3.63, 3.8) is 0 Å². The molecule has 0 atom stereocenters. The molecule has 0 saturated heterocycles. The second kappa shape index (κ2) is 6.18. The van der Waals surface area contributed by atoms with Gasteiger partial charge in [-0.3, -0.25) is 0 Å². The van der Waals surface area contributed by atoms with Crippen molar-refractivity contribution in [1.82, 2.24) is 9.55 Å². The number of rotatable bonds is 6. The number of halogens is 3. The van der Waals surface area contributed by atoms with Gasteiger partial charge < -0.3 is 20.4 Å². The third-order valence-corrected chi connectivity index (χ3v) is 2.56. The topological polar surface area (TPSA) is 65.1 Å². The Balaban J connectivity index is 2.02. The lowest BCUT2D eigenvalue weighted by atomic mass is 10.2. The van der Waals surface area contributed by atoms with Crippen molar-refractivity contribution in [2.75, 3.05) is 17.6 Å². The number of aromatic nitrogens is 2. The van der Waals surface area contributed by atoms with Gasteiger partial charge in [0.25, 0.3) is 0 Å². The highest BCUT2D eigenvalue weighted by Gasteiger charge is 2.13. The number of benzene rings is 1. The van der Waals surface area contributed by atoms with Gasteiger partial charge in [-0.25, -0.2) is 9.37 Å². The zero-order chi connectivity index (χ0) is 14.5. The molecule has 8 heteroatoms. The zero-order valence-corrected chi connectivity index (χ0v) is 10.4. The zero-order valence-electron chi connectivity index (χ0n) is 10.4. The Kier molecular flexibility index (Phi) is 4.34. The second-order valence-corrected chi connectivity index (χ2v) is 3.98. The monoisotopic (exact) mass is 286 g/mol. The van der Waals surface area contributed by atoms with Crippen LogP contribution in [0.1, 0.15) is 0 Å². The highest BCUT2D eigenvalue weighted by atomic mass is 19.3. The maximum Gasteiger partial charge on any atom is 0.387 e. The summed E-state index contributed by atoms with van der Waals surface area (Å²) >= 11 is 0. The van der Waals surface area contributed by atoms with E-state index in [1.54, 1.807) is 18.7 Å². The summed E-state index contributed by atoms with van der Waals surface area (Å²) in [4.78, 5) is 3.88. The Morgan fingerprint density at radius 3 is 2.85 bits per heavy atom. The van der Waals surface area contributed by atoms with E-state index in [-0.39, 0.29) is 5.69 Å². The lowest BCUT2D eigenvalue weighted by molar-refractivity contribution is -0.0521. The minimum atomic E-state index is -3.09. The van der Waals surface area contributed by atoms with Crippen molar-refractivity contribution < 1.29 is 17.9 Å². The summed E-state index contributed by atoms with van der Waals surface area (Å²) in [5.74, 6) is -1.47. The first-order valence-corrected chi connectivity index (χ1v) is 5.79. The molecule has 0 unspecified atom stereocenters. The Morgan fingerprint density at radius 2 is 2.20 bits per heavy atom. The maximum absolute atomic E-state index is 13.4. The molecule has 1 heterocycles. The van der Waals surface area contributed by atoms with E-state index in [9.17, 15) is 13.2 Å². The Morgan fingerprint density at radius 1 is 1.40 bits per heavy atom. The number of nitrogens with two attached hydrogens (primary N) is 1. The van der Waals surface area contributed by atoms with Crippen LogP contribution in [0.15, 0.2) is 30.9 Å². The molecular weight excluding hydrogens is 273 g/mol. The van der Waals surface area contributed by atoms with Gasteiger partial charge in [0.2, 0.25) is 0 Å². The van der Waals surface area contributed by atoms with Crippen LogP contribution in [0.25, 0.3) is 0 Å². The molecular formula is C12H13F3N4O. The SMILES string of the molecule is Nc1cc(F)c(OC(F)F)cc1NCCn1ccnc1. The number of imidazole rings is 1. The highest BCUT2D eigenvalue weighted by molar-refractivity contribution is 5.68. The molecule has 5 nitrogen and oxygen atoms in total. The molecule has 0 radical (unpaired) electrons. The molecule has 0 aliphatic carbocycles. The standard InChI is InChI=1S/C12H13F3N4O/c13-8-5-9(16)10(6-11(8)20-12(14)15)18-2-4-19-3-1-17-7-19/h1,3,5-7,12,18H,2,4,16H2. The molecule has 0 fully saturated rings. The van der Waals surface area contributed by atoms with Crippen molar-refractivity contribution in [2.24, 2.45) is 0 Å². The number of nitrogens with one attached hydrogen (secondary N) is 1. The summed E-state index contributed by atoms with van der Waals surface area (Å²) < 4.78 is 43.5. The molecule has 3 N–H and O–H groups in total. The molecule has 108 valence electrons. The Hall–Kier alpha value is -2.38. The fraction of sp³-hybridized carbons (Fsp3) is 0.250. The molecule has 1 aromatic carbocycles. The predicted molar refractivity (Wildman–Crippen MR) is 68.2 cm³/mol. The molecule has 2 aromatic rings. The molecule has 0 aliphatic heterocycles. The number of anilines is 2. The van der Waals surface area contributed by atoms with Gasteiger partial charge in [0.05, 0.1) is 17.7 Å². The summed E-state index contributed by atoms with van der Waals surface area (Å²) in [6, 6.07) is 2.06. The summed E-state index contributed by atoms with van der Waals surface area (Å²) in [6.45, 7) is -2.02. The van der Waals surface area contributed by atoms with Crippen LogP contribution >= 0.6 is 0 Å². The molecule has 0 amide bonds. The number of hydrogen-bond donors (Lipinski definition) is 2. The molecule has 0 bridgehead atoms. The average molecular weight is 286 g/mol. The quantitative estimate of drug-likeness (QED) is 0.800. The van der Waals surface area contributed by atoms with Gasteiger partial charge in [0.1, 0.15) is 0 Å². The lowest BCUT2D eigenvalue weighted by Gasteiger charge is -2.13. The normalized spacial score (nSPS) is 10.8. The van der Waals surface area contributed by atoms with E-state index < -0.39 is 18.2 Å². The Labute approximate surface area is 113 Å². The van der Waals surface area contributed by atoms with Crippen LogP contribution in [-0.2, 0) is 6.54 Å². The van der Waals surface area contributed by atoms with E-state index in [2.05, 4.69) is 15.0 Å². The first-order valence-electron chi connectivity index (χ1n) is 5.79. The fourth-order valence-electron chi connectivity index (χ4n) is 1.65. The van der Waals surface area contributed by atoms with Gasteiger partial charge in [-0.05, 0) is 0 Å². The third kappa shape index (κ3) is 3.56. The van der Waals surface area contributed by atoms with Crippen LogP contribution in [0, 0.1) is 5.82 Å². The van der Waals surface area contributed by atoms with Gasteiger partial charge in [-0.15, -0.1) is 0 Å². The number of ether oxygens (including phenoxy) is 1. The van der Waals surface area contributed by atoms with Crippen molar-refractivity contribution >= 4 is 11.4 Å². The summed E-state index contributed by atoms with van der Waals surface area (Å²) in [6.07, 6.45) is 5.06. The minimum Gasteiger partial charge on any atom is -0.432 e. The van der Waals surface area contributed by atoms with Gasteiger partial charge in [-0.2, -0.15) is 8.78 Å². The van der Waals surface area contributed by atoms with Crippen LogP contribution in [0.3, 0.4) is 0 Å². The number of nitrogen functional groups attached to an aromatic ring is 1. The molecule has 2 rings (SSSR count). The Bertz CT molecular complexity index is 560. The van der Waals surface area contributed by atoms with E-state index in [1.807, 2.05) is 4.57 Å². The second-order valence-electron chi connectivity index (χ2n) is 3.98. The molecule has 0 spiro atoms. The fourth-order valence-corrected chi connectivity index (χ4v) is 1.65. The van der Waals surface area contributed by atoms with Crippen molar-refractivity contribution in [1.29, 1.82) is 0 Å². The smallest absolute Gasteiger partial charge is 0.387 e. The molecule has 1 aromatic heterocycles. The first kappa shape index (κ1) is 14.0. The summed E-state index contributed by atoms with van der Waals surface area (Å²) in [5.41, 5.74) is 6.07. The molecule has 0 aliphatic rings. The number of hydrogen-bond acceptors (Lipinski definition) is 4. The summed E-state index contributed by atoms with van der Waals surface area (Å²) in [7, 11) is 0. The van der Waals surface area contributed by atoms with E-state index in [4.69, 9.17) is 5.73 Å². The van der Waals surface area contributed by atoms with Crippen LogP contribution in [-0.4, -0.2) is 22.7 Å². The minimum absolute atomic E-state index is 0.120. The van der Waals surface area contributed by atoms with Gasteiger partial charge in [0, 0.05) is 37.6 Å². The molecule has 20 heavy (non-hydrogen) atoms. The number of alkyl halides is 2. The largest absolute Gasteiger partial charge is 0.432 e. The van der Waals surface area contributed by atoms with E-state index in [0.717, 1.165) is 12.1 Å². The van der Waals surface area contributed by atoms with Gasteiger partial charge >= 0.3 is 6.61 Å². The third-order valence-electron chi connectivity index (χ3n) is 2.56. The van der Waals surface area contributed by atoms with Crippen LogP contribution in [0.5, 0.6) is 5.75 Å². The van der Waals surface area contributed by atoms with Gasteiger partial charge in [0.15, 0.2) is 11.6 Å².